The van der Waals surface area contributed by atoms with Gasteiger partial charge in [0, 0.05) is 17.8 Å². The monoisotopic (exact) mass is 288 g/mol. The first-order chi connectivity index (χ1) is 10.1. The van der Waals surface area contributed by atoms with Gasteiger partial charge in [-0.3, -0.25) is 14.9 Å². The molecular formula is C14H12N2O5. The van der Waals surface area contributed by atoms with Crippen molar-refractivity contribution in [2.75, 3.05) is 12.4 Å². The van der Waals surface area contributed by atoms with E-state index in [2.05, 4.69) is 5.32 Å². The van der Waals surface area contributed by atoms with Crippen LogP contribution in [-0.2, 0) is 4.79 Å². The molecule has 0 aliphatic heterocycles. The third kappa shape index (κ3) is 3.69. The number of methoxy groups -OCH3 is 1. The number of nitro benzene ring substituents is 1. The van der Waals surface area contributed by atoms with E-state index in [-0.39, 0.29) is 11.4 Å². The molecule has 7 nitrogen and oxygen atoms in total. The Morgan fingerprint density at radius 1 is 1.43 bits per heavy atom. The van der Waals surface area contributed by atoms with Crippen LogP contribution in [0, 0.1) is 10.1 Å². The maximum atomic E-state index is 11.7. The van der Waals surface area contributed by atoms with Crippen LogP contribution in [0.2, 0.25) is 0 Å². The number of furan rings is 1. The Labute approximate surface area is 120 Å². The molecule has 1 heterocycles. The molecule has 0 aliphatic carbocycles. The molecule has 1 N–H and O–H groups in total. The summed E-state index contributed by atoms with van der Waals surface area (Å²) in [6.45, 7) is 0. The number of rotatable bonds is 5. The van der Waals surface area contributed by atoms with Crippen LogP contribution in [0.3, 0.4) is 0 Å². The summed E-state index contributed by atoms with van der Waals surface area (Å²) < 4.78 is 9.92. The molecule has 0 radical (unpaired) electrons. The van der Waals surface area contributed by atoms with Crippen LogP contribution in [-0.4, -0.2) is 17.9 Å². The molecular weight excluding hydrogens is 276 g/mol. The van der Waals surface area contributed by atoms with Gasteiger partial charge in [-0.05, 0) is 30.3 Å². The van der Waals surface area contributed by atoms with Crippen LogP contribution in [0.15, 0.2) is 47.1 Å². The second-order valence-electron chi connectivity index (χ2n) is 3.98. The number of benzene rings is 1. The summed E-state index contributed by atoms with van der Waals surface area (Å²) in [5.74, 6) is 0.237. The molecule has 0 saturated carbocycles. The zero-order valence-corrected chi connectivity index (χ0v) is 11.1. The minimum Gasteiger partial charge on any atom is -0.490 e. The van der Waals surface area contributed by atoms with E-state index in [4.69, 9.17) is 9.15 Å². The molecule has 0 bridgehead atoms. The van der Waals surface area contributed by atoms with Crippen LogP contribution >= 0.6 is 0 Å². The van der Waals surface area contributed by atoms with E-state index in [1.807, 2.05) is 0 Å². The number of hydrogen-bond acceptors (Lipinski definition) is 5. The predicted octanol–water partition coefficient (Wildman–Crippen LogP) is 2.85. The minimum absolute atomic E-state index is 0.129. The highest BCUT2D eigenvalue weighted by Crippen LogP contribution is 2.29. The minimum atomic E-state index is -0.576. The van der Waals surface area contributed by atoms with E-state index >= 15 is 0 Å². The average molecular weight is 288 g/mol. The third-order valence-electron chi connectivity index (χ3n) is 2.59. The molecule has 1 aromatic carbocycles. The summed E-state index contributed by atoms with van der Waals surface area (Å²) in [7, 11) is 1.34. The van der Waals surface area contributed by atoms with E-state index in [9.17, 15) is 14.9 Å². The zero-order valence-electron chi connectivity index (χ0n) is 11.1. The summed E-state index contributed by atoms with van der Waals surface area (Å²) in [4.78, 5) is 22.0. The number of amides is 1. The Kier molecular flexibility index (Phi) is 4.35. The van der Waals surface area contributed by atoms with Gasteiger partial charge in [0.1, 0.15) is 5.76 Å². The van der Waals surface area contributed by atoms with E-state index < -0.39 is 10.8 Å². The second kappa shape index (κ2) is 6.38. The Morgan fingerprint density at radius 2 is 2.24 bits per heavy atom. The molecule has 2 aromatic rings. The fourth-order valence-electron chi connectivity index (χ4n) is 1.64. The maximum absolute atomic E-state index is 11.7. The van der Waals surface area contributed by atoms with Gasteiger partial charge in [-0.25, -0.2) is 0 Å². The molecule has 1 aromatic heterocycles. The maximum Gasteiger partial charge on any atom is 0.312 e. The Hall–Kier alpha value is -3.09. The van der Waals surface area contributed by atoms with Crippen LogP contribution in [0.5, 0.6) is 5.75 Å². The molecule has 0 spiro atoms. The van der Waals surface area contributed by atoms with Crippen molar-refractivity contribution in [2.45, 2.75) is 0 Å². The Balaban J connectivity index is 2.10. The highest BCUT2D eigenvalue weighted by Gasteiger charge is 2.15. The molecule has 0 atom stereocenters. The summed E-state index contributed by atoms with van der Waals surface area (Å²) in [6.07, 6.45) is 4.26. The average Bonchev–Trinajstić information content (AvgIpc) is 2.98. The first-order valence-electron chi connectivity index (χ1n) is 5.95. The zero-order chi connectivity index (χ0) is 15.2. The van der Waals surface area contributed by atoms with E-state index in [0.717, 1.165) is 0 Å². The molecule has 108 valence electrons. The third-order valence-corrected chi connectivity index (χ3v) is 2.59. The fourth-order valence-corrected chi connectivity index (χ4v) is 1.64. The number of carbonyl (C=O) groups excluding carboxylic acids is 1. The molecule has 21 heavy (non-hydrogen) atoms. The highest BCUT2D eigenvalue weighted by atomic mass is 16.6. The topological polar surface area (TPSA) is 94.6 Å². The first kappa shape index (κ1) is 14.3. The highest BCUT2D eigenvalue weighted by molar-refractivity contribution is 6.02. The van der Waals surface area contributed by atoms with Crippen LogP contribution < -0.4 is 10.1 Å². The fraction of sp³-hybridized carbons (Fsp3) is 0.0714. The van der Waals surface area contributed by atoms with Gasteiger partial charge in [0.05, 0.1) is 18.3 Å². The number of anilines is 1. The lowest BCUT2D eigenvalue weighted by molar-refractivity contribution is -0.385. The normalized spacial score (nSPS) is 10.5. The van der Waals surface area contributed by atoms with E-state index in [0.29, 0.717) is 11.4 Å². The van der Waals surface area contributed by atoms with Crippen LogP contribution in [0.25, 0.3) is 6.08 Å². The number of nitrogens with zero attached hydrogens (tertiary/aromatic N) is 1. The lowest BCUT2D eigenvalue weighted by Crippen LogP contribution is -2.08. The van der Waals surface area contributed by atoms with E-state index in [1.54, 1.807) is 12.1 Å². The van der Waals surface area contributed by atoms with Gasteiger partial charge in [-0.15, -0.1) is 0 Å². The van der Waals surface area contributed by atoms with Gasteiger partial charge in [-0.2, -0.15) is 0 Å². The van der Waals surface area contributed by atoms with Gasteiger partial charge in [0.15, 0.2) is 5.75 Å². The van der Waals surface area contributed by atoms with Crippen molar-refractivity contribution in [3.8, 4) is 5.75 Å². The molecule has 7 heteroatoms. The quantitative estimate of drug-likeness (QED) is 0.518. The van der Waals surface area contributed by atoms with Crippen molar-refractivity contribution >= 4 is 23.4 Å². The molecule has 0 aliphatic rings. The molecule has 1 amide bonds. The molecule has 0 fully saturated rings. The SMILES string of the molecule is COc1ccc(NC(=O)/C=C/c2ccco2)cc1[N+](=O)[O-]. The molecule has 0 unspecified atom stereocenters. The number of ether oxygens (including phenoxy) is 1. The summed E-state index contributed by atoms with van der Waals surface area (Å²) in [5.41, 5.74) is 0.0851. The van der Waals surface area contributed by atoms with Crippen molar-refractivity contribution in [3.63, 3.8) is 0 Å². The van der Waals surface area contributed by atoms with Crippen molar-refractivity contribution in [3.05, 3.63) is 58.5 Å². The van der Waals surface area contributed by atoms with Crippen molar-refractivity contribution < 1.29 is 18.9 Å². The second-order valence-corrected chi connectivity index (χ2v) is 3.98. The van der Waals surface area contributed by atoms with Crippen LogP contribution in [0.1, 0.15) is 5.76 Å². The largest absolute Gasteiger partial charge is 0.490 e. The molecule has 2 rings (SSSR count). The smallest absolute Gasteiger partial charge is 0.312 e. The van der Waals surface area contributed by atoms with Crippen molar-refractivity contribution in [2.24, 2.45) is 0 Å². The number of nitro groups is 1. The number of carbonyl (C=O) groups is 1. The Morgan fingerprint density at radius 3 is 2.86 bits per heavy atom. The van der Waals surface area contributed by atoms with Crippen LogP contribution in [0.4, 0.5) is 11.4 Å². The summed E-state index contributed by atoms with van der Waals surface area (Å²) in [5, 5.41) is 13.4. The van der Waals surface area contributed by atoms with Gasteiger partial charge < -0.3 is 14.5 Å². The summed E-state index contributed by atoms with van der Waals surface area (Å²) in [6, 6.07) is 7.57. The summed E-state index contributed by atoms with van der Waals surface area (Å²) >= 11 is 0. The number of nitrogens with one attached hydrogen (secondary N) is 1. The first-order valence-corrected chi connectivity index (χ1v) is 5.95. The van der Waals surface area contributed by atoms with Gasteiger partial charge in [0.2, 0.25) is 5.91 Å². The van der Waals surface area contributed by atoms with Gasteiger partial charge in [0.25, 0.3) is 0 Å². The lowest BCUT2D eigenvalue weighted by Gasteiger charge is -2.05. The standard InChI is InChI=1S/C14H12N2O5/c1-20-13-6-4-10(9-12(13)16(18)19)15-14(17)7-5-11-3-2-8-21-11/h2-9H,1H3,(H,15,17)/b7-5+. The molecule has 0 saturated heterocycles. The Bertz CT molecular complexity index is 677. The number of hydrogen-bond donors (Lipinski definition) is 1. The van der Waals surface area contributed by atoms with Crippen molar-refractivity contribution in [1.82, 2.24) is 0 Å². The van der Waals surface area contributed by atoms with Gasteiger partial charge in [-0.1, -0.05) is 0 Å². The van der Waals surface area contributed by atoms with Crippen molar-refractivity contribution in [1.29, 1.82) is 0 Å². The van der Waals surface area contributed by atoms with E-state index in [1.165, 1.54) is 43.7 Å². The lowest BCUT2D eigenvalue weighted by atomic mass is 10.2. The predicted molar refractivity (Wildman–Crippen MR) is 76.0 cm³/mol. The van der Waals surface area contributed by atoms with Gasteiger partial charge >= 0.3 is 5.69 Å².